The van der Waals surface area contributed by atoms with Gasteiger partial charge in [0.15, 0.2) is 6.29 Å². The first-order valence-electron chi connectivity index (χ1n) is 10.7. The molecule has 1 aliphatic rings. The lowest BCUT2D eigenvalue weighted by molar-refractivity contribution is 0.111. The van der Waals surface area contributed by atoms with Crippen molar-refractivity contribution < 1.29 is 13.9 Å². The third-order valence-electron chi connectivity index (χ3n) is 4.97. The Morgan fingerprint density at radius 3 is 2.48 bits per heavy atom. The van der Waals surface area contributed by atoms with E-state index in [0.717, 1.165) is 23.4 Å². The summed E-state index contributed by atoms with van der Waals surface area (Å²) >= 11 is 1.87. The second kappa shape index (κ2) is 11.6. The van der Waals surface area contributed by atoms with E-state index in [1.807, 2.05) is 66.4 Å². The second-order valence-electron chi connectivity index (χ2n) is 8.58. The topological polar surface area (TPSA) is 64.3 Å². The summed E-state index contributed by atoms with van der Waals surface area (Å²) in [6.45, 7) is 4.97. The van der Waals surface area contributed by atoms with Gasteiger partial charge in [0.2, 0.25) is 0 Å². The Labute approximate surface area is 199 Å². The summed E-state index contributed by atoms with van der Waals surface area (Å²) in [5, 5.41) is 5.63. The third-order valence-corrected chi connectivity index (χ3v) is 6.37. The first-order valence-corrected chi connectivity index (χ1v) is 11.7. The van der Waals surface area contributed by atoms with Crippen molar-refractivity contribution in [2.75, 3.05) is 16.8 Å². The van der Waals surface area contributed by atoms with Gasteiger partial charge in [-0.05, 0) is 47.1 Å². The van der Waals surface area contributed by atoms with Crippen LogP contribution in [0.3, 0.4) is 0 Å². The summed E-state index contributed by atoms with van der Waals surface area (Å²) in [4.78, 5) is 10.4. The molecule has 0 spiro atoms. The Balaban J connectivity index is 0.000000186. The molecule has 1 heterocycles. The maximum atomic E-state index is 13.3. The summed E-state index contributed by atoms with van der Waals surface area (Å²) in [5.74, 6) is 1.03. The predicted octanol–water partition coefficient (Wildman–Crippen LogP) is 6.90. The second-order valence-corrected chi connectivity index (χ2v) is 9.44. The number of halogens is 1. The number of hydrogen-bond acceptors (Lipinski definition) is 5. The molecule has 0 atom stereocenters. The summed E-state index contributed by atoms with van der Waals surface area (Å²) in [7, 11) is 0. The molecule has 0 radical (unpaired) electrons. The summed E-state index contributed by atoms with van der Waals surface area (Å²) in [5.41, 5.74) is 10.4. The molecule has 4 rings (SSSR count). The summed E-state index contributed by atoms with van der Waals surface area (Å²) in [6.07, 6.45) is 1.56. The van der Waals surface area contributed by atoms with E-state index in [2.05, 4.69) is 24.6 Å². The number of rotatable bonds is 6. The molecule has 172 valence electrons. The number of allylic oxidation sites excluding steroid dienone is 1. The lowest BCUT2D eigenvalue weighted by Crippen LogP contribution is -2.21. The van der Waals surface area contributed by atoms with Crippen LogP contribution < -0.4 is 15.8 Å². The highest BCUT2D eigenvalue weighted by Crippen LogP contribution is 2.36. The van der Waals surface area contributed by atoms with Crippen molar-refractivity contribution in [3.05, 3.63) is 101 Å². The van der Waals surface area contributed by atoms with Gasteiger partial charge in [-0.3, -0.25) is 4.79 Å². The van der Waals surface area contributed by atoms with Crippen molar-refractivity contribution in [3.63, 3.8) is 0 Å². The SMILES string of the molecule is CC1(C)CSC=C(Nc2ccccc2N)C1.O=Cc1ccc(OCc2ccccc2)cc1F. The van der Waals surface area contributed by atoms with Crippen LogP contribution in [0.15, 0.2) is 83.9 Å². The number of nitrogens with one attached hydrogen (secondary N) is 1. The molecule has 0 saturated carbocycles. The first kappa shape index (κ1) is 24.4. The zero-order valence-corrected chi connectivity index (χ0v) is 19.7. The van der Waals surface area contributed by atoms with E-state index in [4.69, 9.17) is 10.5 Å². The van der Waals surface area contributed by atoms with Crippen molar-refractivity contribution in [3.8, 4) is 5.75 Å². The third kappa shape index (κ3) is 7.68. The van der Waals surface area contributed by atoms with Crippen molar-refractivity contribution in [1.29, 1.82) is 0 Å². The number of hydrogen-bond donors (Lipinski definition) is 2. The number of benzene rings is 3. The van der Waals surface area contributed by atoms with Crippen molar-refractivity contribution in [2.24, 2.45) is 5.41 Å². The van der Waals surface area contributed by atoms with Gasteiger partial charge in [-0.2, -0.15) is 0 Å². The average molecular weight is 465 g/mol. The van der Waals surface area contributed by atoms with E-state index in [1.165, 1.54) is 23.6 Å². The van der Waals surface area contributed by atoms with E-state index < -0.39 is 5.82 Å². The van der Waals surface area contributed by atoms with Crippen LogP contribution in [-0.4, -0.2) is 12.0 Å². The monoisotopic (exact) mass is 464 g/mol. The highest BCUT2D eigenvalue weighted by atomic mass is 32.2. The molecule has 0 amide bonds. The average Bonchev–Trinajstić information content (AvgIpc) is 2.80. The number of carbonyl (C=O) groups excluding carboxylic acids is 1. The van der Waals surface area contributed by atoms with Gasteiger partial charge in [-0.15, -0.1) is 11.8 Å². The summed E-state index contributed by atoms with van der Waals surface area (Å²) in [6, 6.07) is 21.7. The van der Waals surface area contributed by atoms with E-state index in [-0.39, 0.29) is 5.56 Å². The minimum absolute atomic E-state index is 0.0389. The number of ether oxygens (including phenoxy) is 1. The van der Waals surface area contributed by atoms with Gasteiger partial charge in [0.25, 0.3) is 0 Å². The van der Waals surface area contributed by atoms with Crippen molar-refractivity contribution in [1.82, 2.24) is 0 Å². The maximum Gasteiger partial charge on any atom is 0.152 e. The van der Waals surface area contributed by atoms with Gasteiger partial charge in [0, 0.05) is 17.5 Å². The maximum absolute atomic E-state index is 13.3. The molecule has 6 heteroatoms. The molecule has 4 nitrogen and oxygen atoms in total. The highest BCUT2D eigenvalue weighted by Gasteiger charge is 2.23. The van der Waals surface area contributed by atoms with Crippen LogP contribution in [-0.2, 0) is 6.61 Å². The fraction of sp³-hybridized carbons (Fsp3) is 0.222. The lowest BCUT2D eigenvalue weighted by Gasteiger charge is -2.29. The Morgan fingerprint density at radius 1 is 1.09 bits per heavy atom. The van der Waals surface area contributed by atoms with Crippen LogP contribution in [0.4, 0.5) is 15.8 Å². The number of aldehydes is 1. The molecule has 0 saturated heterocycles. The smallest absolute Gasteiger partial charge is 0.152 e. The number of para-hydroxylation sites is 2. The van der Waals surface area contributed by atoms with Crippen LogP contribution in [0.25, 0.3) is 0 Å². The molecular weight excluding hydrogens is 435 g/mol. The van der Waals surface area contributed by atoms with Crippen LogP contribution >= 0.6 is 11.8 Å². The standard InChI is InChI=1S/C14H11FO2.C13H18N2S/c15-14-8-13(7-6-12(14)9-16)17-10-11-4-2-1-3-5-11;1-13(2)7-10(8-16-9-13)15-12-6-4-3-5-11(12)14/h1-9H,10H2;3-6,8,15H,7,9,14H2,1-2H3. The first-order chi connectivity index (χ1) is 15.9. The molecular formula is C27H29FN2O2S. The highest BCUT2D eigenvalue weighted by molar-refractivity contribution is 8.02. The molecule has 0 bridgehead atoms. The molecule has 33 heavy (non-hydrogen) atoms. The number of thioether (sulfide) groups is 1. The Bertz CT molecular complexity index is 1100. The van der Waals surface area contributed by atoms with E-state index >= 15 is 0 Å². The minimum atomic E-state index is -0.564. The molecule has 1 aliphatic heterocycles. The fourth-order valence-electron chi connectivity index (χ4n) is 3.27. The van der Waals surface area contributed by atoms with Crippen molar-refractivity contribution >= 4 is 29.4 Å². The summed E-state index contributed by atoms with van der Waals surface area (Å²) < 4.78 is 18.7. The normalized spacial score (nSPS) is 14.3. The van der Waals surface area contributed by atoms with Gasteiger partial charge >= 0.3 is 0 Å². The van der Waals surface area contributed by atoms with Gasteiger partial charge in [0.1, 0.15) is 18.2 Å². The molecule has 3 N–H and O–H groups in total. The zero-order valence-electron chi connectivity index (χ0n) is 18.9. The Morgan fingerprint density at radius 2 is 1.82 bits per heavy atom. The lowest BCUT2D eigenvalue weighted by atomic mass is 9.90. The number of carbonyl (C=O) groups is 1. The number of nitrogen functional groups attached to an aromatic ring is 1. The Kier molecular flexibility index (Phi) is 8.55. The number of nitrogens with two attached hydrogens (primary N) is 1. The quantitative estimate of drug-likeness (QED) is 0.307. The van der Waals surface area contributed by atoms with Gasteiger partial charge < -0.3 is 15.8 Å². The number of anilines is 2. The van der Waals surface area contributed by atoms with E-state index in [1.54, 1.807) is 6.07 Å². The molecule has 0 aliphatic carbocycles. The van der Waals surface area contributed by atoms with Crippen LogP contribution in [0.2, 0.25) is 0 Å². The molecule has 0 fully saturated rings. The molecule has 3 aromatic carbocycles. The van der Waals surface area contributed by atoms with E-state index in [9.17, 15) is 9.18 Å². The van der Waals surface area contributed by atoms with Crippen LogP contribution in [0, 0.1) is 11.2 Å². The largest absolute Gasteiger partial charge is 0.489 e. The van der Waals surface area contributed by atoms with Crippen LogP contribution in [0.1, 0.15) is 36.2 Å². The van der Waals surface area contributed by atoms with Crippen LogP contribution in [0.5, 0.6) is 5.75 Å². The van der Waals surface area contributed by atoms with E-state index in [0.29, 0.717) is 24.1 Å². The zero-order chi connectivity index (χ0) is 23.7. The predicted molar refractivity (Wildman–Crippen MR) is 136 cm³/mol. The van der Waals surface area contributed by atoms with Crippen molar-refractivity contribution in [2.45, 2.75) is 26.9 Å². The van der Waals surface area contributed by atoms with Gasteiger partial charge in [0.05, 0.1) is 16.9 Å². The van der Waals surface area contributed by atoms with Gasteiger partial charge in [-0.1, -0.05) is 56.3 Å². The molecule has 0 unspecified atom stereocenters. The Hall–Kier alpha value is -3.25. The minimum Gasteiger partial charge on any atom is -0.489 e. The fourth-order valence-corrected chi connectivity index (χ4v) is 4.25. The molecule has 0 aromatic heterocycles. The molecule has 3 aromatic rings. The van der Waals surface area contributed by atoms with Gasteiger partial charge in [-0.25, -0.2) is 4.39 Å².